The number of aryl methyl sites for hydroxylation is 2. The first-order valence-corrected chi connectivity index (χ1v) is 6.83. The summed E-state index contributed by atoms with van der Waals surface area (Å²) in [6, 6.07) is 8.17. The molecular weight excluding hydrogens is 240 g/mol. The molecule has 0 aliphatic carbocycles. The number of carbonyl (C=O) groups is 1. The van der Waals surface area contributed by atoms with Crippen molar-refractivity contribution in [2.24, 2.45) is 5.73 Å². The first kappa shape index (κ1) is 15.7. The molecule has 4 nitrogen and oxygen atoms in total. The van der Waals surface area contributed by atoms with Crippen LogP contribution in [0.25, 0.3) is 0 Å². The molecule has 0 heterocycles. The van der Waals surface area contributed by atoms with Crippen molar-refractivity contribution in [3.05, 3.63) is 35.4 Å². The van der Waals surface area contributed by atoms with E-state index in [-0.39, 0.29) is 5.91 Å². The topological polar surface area (TPSA) is 64.3 Å². The molecule has 19 heavy (non-hydrogen) atoms. The molecule has 1 rings (SSSR count). The van der Waals surface area contributed by atoms with Crippen LogP contribution in [-0.2, 0) is 16.0 Å². The summed E-state index contributed by atoms with van der Waals surface area (Å²) in [5, 5.41) is 2.90. The number of rotatable bonds is 9. The number of ether oxygens (including phenoxy) is 1. The van der Waals surface area contributed by atoms with Gasteiger partial charge < -0.3 is 15.8 Å². The van der Waals surface area contributed by atoms with Crippen LogP contribution in [0.3, 0.4) is 0 Å². The summed E-state index contributed by atoms with van der Waals surface area (Å²) in [6.07, 6.45) is 2.16. The Kier molecular flexibility index (Phi) is 7.86. The standard InChI is InChI=1S/C15H24N2O2/c1-13-5-2-3-6-14(13)7-8-15(18)17-10-4-11-19-12-9-16/h2-3,5-6H,4,7-12,16H2,1H3,(H,17,18). The third kappa shape index (κ3) is 6.94. The van der Waals surface area contributed by atoms with Crippen molar-refractivity contribution < 1.29 is 9.53 Å². The summed E-state index contributed by atoms with van der Waals surface area (Å²) < 4.78 is 5.23. The van der Waals surface area contributed by atoms with Gasteiger partial charge in [0.15, 0.2) is 0 Å². The van der Waals surface area contributed by atoms with E-state index in [0.29, 0.717) is 32.7 Å². The van der Waals surface area contributed by atoms with Gasteiger partial charge in [-0.05, 0) is 30.9 Å². The minimum absolute atomic E-state index is 0.0991. The highest BCUT2D eigenvalue weighted by atomic mass is 16.5. The van der Waals surface area contributed by atoms with Gasteiger partial charge in [0.1, 0.15) is 0 Å². The highest BCUT2D eigenvalue weighted by molar-refractivity contribution is 5.76. The Morgan fingerprint density at radius 2 is 2.11 bits per heavy atom. The molecule has 1 aromatic rings. The SMILES string of the molecule is Cc1ccccc1CCC(=O)NCCCOCCN. The molecule has 3 N–H and O–H groups in total. The predicted molar refractivity (Wildman–Crippen MR) is 77.0 cm³/mol. The molecule has 0 aliphatic rings. The van der Waals surface area contributed by atoms with Crippen molar-refractivity contribution in [2.75, 3.05) is 26.3 Å². The van der Waals surface area contributed by atoms with E-state index in [1.165, 1.54) is 11.1 Å². The van der Waals surface area contributed by atoms with Gasteiger partial charge in [-0.1, -0.05) is 24.3 Å². The van der Waals surface area contributed by atoms with Crippen molar-refractivity contribution in [1.82, 2.24) is 5.32 Å². The van der Waals surface area contributed by atoms with Gasteiger partial charge in [0.05, 0.1) is 6.61 Å². The van der Waals surface area contributed by atoms with Crippen molar-refractivity contribution in [3.8, 4) is 0 Å². The molecule has 0 aliphatic heterocycles. The first-order chi connectivity index (χ1) is 9.24. The highest BCUT2D eigenvalue weighted by Gasteiger charge is 2.03. The lowest BCUT2D eigenvalue weighted by Gasteiger charge is -2.07. The maximum absolute atomic E-state index is 11.6. The van der Waals surface area contributed by atoms with Crippen molar-refractivity contribution in [2.45, 2.75) is 26.2 Å². The zero-order valence-corrected chi connectivity index (χ0v) is 11.7. The Bertz CT molecular complexity index is 380. The largest absolute Gasteiger partial charge is 0.380 e. The summed E-state index contributed by atoms with van der Waals surface area (Å²) in [5.41, 5.74) is 7.78. The molecule has 4 heteroatoms. The molecule has 0 bridgehead atoms. The quantitative estimate of drug-likeness (QED) is 0.663. The number of hydrogen-bond acceptors (Lipinski definition) is 3. The van der Waals surface area contributed by atoms with Crippen LogP contribution < -0.4 is 11.1 Å². The Balaban J connectivity index is 2.10. The van der Waals surface area contributed by atoms with Gasteiger partial charge in [0.25, 0.3) is 0 Å². The molecule has 0 radical (unpaired) electrons. The lowest BCUT2D eigenvalue weighted by atomic mass is 10.0. The van der Waals surface area contributed by atoms with Gasteiger partial charge in [-0.3, -0.25) is 4.79 Å². The molecule has 0 spiro atoms. The average molecular weight is 264 g/mol. The van der Waals surface area contributed by atoms with Crippen LogP contribution in [0, 0.1) is 6.92 Å². The van der Waals surface area contributed by atoms with Gasteiger partial charge in [-0.2, -0.15) is 0 Å². The van der Waals surface area contributed by atoms with E-state index in [9.17, 15) is 4.79 Å². The van der Waals surface area contributed by atoms with Gasteiger partial charge in [-0.25, -0.2) is 0 Å². The van der Waals surface area contributed by atoms with E-state index in [1.54, 1.807) is 0 Å². The van der Waals surface area contributed by atoms with E-state index in [4.69, 9.17) is 10.5 Å². The third-order valence-electron chi connectivity index (χ3n) is 2.93. The van der Waals surface area contributed by atoms with Gasteiger partial charge in [0.2, 0.25) is 5.91 Å². The highest BCUT2D eigenvalue weighted by Crippen LogP contribution is 2.09. The van der Waals surface area contributed by atoms with E-state index >= 15 is 0 Å². The second-order valence-corrected chi connectivity index (χ2v) is 4.53. The number of amides is 1. The number of carbonyl (C=O) groups excluding carboxylic acids is 1. The number of hydrogen-bond donors (Lipinski definition) is 2. The molecule has 0 atom stereocenters. The zero-order valence-electron chi connectivity index (χ0n) is 11.7. The summed E-state index contributed by atoms with van der Waals surface area (Å²) in [5.74, 6) is 0.0991. The van der Waals surface area contributed by atoms with Crippen LogP contribution in [-0.4, -0.2) is 32.2 Å². The van der Waals surface area contributed by atoms with Gasteiger partial charge >= 0.3 is 0 Å². The molecule has 0 aromatic heterocycles. The van der Waals surface area contributed by atoms with Crippen molar-refractivity contribution >= 4 is 5.91 Å². The summed E-state index contributed by atoms with van der Waals surface area (Å²) in [7, 11) is 0. The van der Waals surface area contributed by atoms with Gasteiger partial charge in [-0.15, -0.1) is 0 Å². The molecule has 0 unspecified atom stereocenters. The predicted octanol–water partition coefficient (Wildman–Crippen LogP) is 1.41. The molecule has 0 fully saturated rings. The van der Waals surface area contributed by atoms with Gasteiger partial charge in [0, 0.05) is 26.1 Å². The monoisotopic (exact) mass is 264 g/mol. The molecule has 1 amide bonds. The minimum Gasteiger partial charge on any atom is -0.380 e. The smallest absolute Gasteiger partial charge is 0.220 e. The number of nitrogens with two attached hydrogens (primary N) is 1. The minimum atomic E-state index is 0.0991. The lowest BCUT2D eigenvalue weighted by molar-refractivity contribution is -0.121. The van der Waals surface area contributed by atoms with Crippen LogP contribution in [0.1, 0.15) is 24.0 Å². The average Bonchev–Trinajstić information content (AvgIpc) is 2.42. The summed E-state index contributed by atoms with van der Waals surface area (Å²) >= 11 is 0. The number of benzene rings is 1. The third-order valence-corrected chi connectivity index (χ3v) is 2.93. The van der Waals surface area contributed by atoms with Crippen LogP contribution in [0.15, 0.2) is 24.3 Å². The molecule has 106 valence electrons. The van der Waals surface area contributed by atoms with Crippen LogP contribution in [0.5, 0.6) is 0 Å². The molecular formula is C15H24N2O2. The fourth-order valence-electron chi connectivity index (χ4n) is 1.81. The zero-order chi connectivity index (χ0) is 13.9. The fraction of sp³-hybridized carbons (Fsp3) is 0.533. The van der Waals surface area contributed by atoms with Crippen molar-refractivity contribution in [1.29, 1.82) is 0 Å². The fourth-order valence-corrected chi connectivity index (χ4v) is 1.81. The Hall–Kier alpha value is -1.39. The van der Waals surface area contributed by atoms with Crippen molar-refractivity contribution in [3.63, 3.8) is 0 Å². The maximum Gasteiger partial charge on any atom is 0.220 e. The van der Waals surface area contributed by atoms with E-state index in [1.807, 2.05) is 12.1 Å². The molecule has 1 aromatic carbocycles. The lowest BCUT2D eigenvalue weighted by Crippen LogP contribution is -2.25. The van der Waals surface area contributed by atoms with E-state index in [2.05, 4.69) is 24.4 Å². The second kappa shape index (κ2) is 9.53. The van der Waals surface area contributed by atoms with Crippen LogP contribution in [0.4, 0.5) is 0 Å². The maximum atomic E-state index is 11.6. The van der Waals surface area contributed by atoms with E-state index < -0.39 is 0 Å². The van der Waals surface area contributed by atoms with Crippen LogP contribution in [0.2, 0.25) is 0 Å². The molecule has 0 saturated heterocycles. The summed E-state index contributed by atoms with van der Waals surface area (Å²) in [6.45, 7) is 4.51. The Labute approximate surface area is 115 Å². The Morgan fingerprint density at radius 1 is 1.32 bits per heavy atom. The summed E-state index contributed by atoms with van der Waals surface area (Å²) in [4.78, 5) is 11.6. The van der Waals surface area contributed by atoms with Crippen LogP contribution >= 0.6 is 0 Å². The normalized spacial score (nSPS) is 10.4. The number of nitrogens with one attached hydrogen (secondary N) is 1. The Morgan fingerprint density at radius 3 is 2.84 bits per heavy atom. The molecule has 0 saturated carbocycles. The second-order valence-electron chi connectivity index (χ2n) is 4.53. The first-order valence-electron chi connectivity index (χ1n) is 6.83. The van der Waals surface area contributed by atoms with E-state index in [0.717, 1.165) is 12.8 Å².